The van der Waals surface area contributed by atoms with Crippen LogP contribution in [0.25, 0.3) is 0 Å². The van der Waals surface area contributed by atoms with Crippen LogP contribution in [0.2, 0.25) is 0 Å². The van der Waals surface area contributed by atoms with E-state index in [4.69, 9.17) is 5.11 Å². The summed E-state index contributed by atoms with van der Waals surface area (Å²) in [5.74, 6) is 0.00473. The molecule has 3 nitrogen and oxygen atoms in total. The SMILES string of the molecule is Cc1ccc(CNC(=O)CCCO)s1. The third-order valence-electron chi connectivity index (χ3n) is 1.82. The van der Waals surface area contributed by atoms with Gasteiger partial charge in [-0.05, 0) is 25.5 Å². The predicted octanol–water partition coefficient (Wildman–Crippen LogP) is 1.45. The highest BCUT2D eigenvalue weighted by Gasteiger charge is 2.01. The monoisotopic (exact) mass is 213 g/mol. The lowest BCUT2D eigenvalue weighted by Crippen LogP contribution is -2.22. The van der Waals surface area contributed by atoms with Crippen LogP contribution < -0.4 is 5.32 Å². The number of rotatable bonds is 5. The molecule has 14 heavy (non-hydrogen) atoms. The minimum Gasteiger partial charge on any atom is -0.396 e. The van der Waals surface area contributed by atoms with E-state index in [0.717, 1.165) is 0 Å². The highest BCUT2D eigenvalue weighted by atomic mass is 32.1. The van der Waals surface area contributed by atoms with Gasteiger partial charge in [-0.2, -0.15) is 0 Å². The van der Waals surface area contributed by atoms with Crippen molar-refractivity contribution in [3.8, 4) is 0 Å². The smallest absolute Gasteiger partial charge is 0.220 e. The lowest BCUT2D eigenvalue weighted by Gasteiger charge is -2.01. The fourth-order valence-corrected chi connectivity index (χ4v) is 1.92. The summed E-state index contributed by atoms with van der Waals surface area (Å²) in [4.78, 5) is 13.6. The highest BCUT2D eigenvalue weighted by molar-refractivity contribution is 7.11. The Morgan fingerprint density at radius 2 is 2.36 bits per heavy atom. The van der Waals surface area contributed by atoms with Crippen molar-refractivity contribution < 1.29 is 9.90 Å². The minimum absolute atomic E-state index is 0.00473. The summed E-state index contributed by atoms with van der Waals surface area (Å²) in [5.41, 5.74) is 0. The van der Waals surface area contributed by atoms with Crippen LogP contribution in [0.15, 0.2) is 12.1 Å². The number of carbonyl (C=O) groups is 1. The molecule has 1 rings (SSSR count). The lowest BCUT2D eigenvalue weighted by molar-refractivity contribution is -0.121. The van der Waals surface area contributed by atoms with Crippen LogP contribution in [0.3, 0.4) is 0 Å². The summed E-state index contributed by atoms with van der Waals surface area (Å²) in [7, 11) is 0. The van der Waals surface area contributed by atoms with Crippen LogP contribution in [0, 0.1) is 6.92 Å². The Morgan fingerprint density at radius 3 is 2.93 bits per heavy atom. The van der Waals surface area contributed by atoms with Gasteiger partial charge in [-0.1, -0.05) is 0 Å². The molecule has 4 heteroatoms. The normalized spacial score (nSPS) is 10.1. The van der Waals surface area contributed by atoms with E-state index in [2.05, 4.69) is 5.32 Å². The molecule has 0 fully saturated rings. The molecular weight excluding hydrogens is 198 g/mol. The van der Waals surface area contributed by atoms with Gasteiger partial charge in [-0.25, -0.2) is 0 Å². The van der Waals surface area contributed by atoms with Gasteiger partial charge in [0, 0.05) is 22.8 Å². The van der Waals surface area contributed by atoms with E-state index in [9.17, 15) is 4.79 Å². The van der Waals surface area contributed by atoms with E-state index in [1.165, 1.54) is 9.75 Å². The number of carbonyl (C=O) groups excluding carboxylic acids is 1. The fraction of sp³-hybridized carbons (Fsp3) is 0.500. The summed E-state index contributed by atoms with van der Waals surface area (Å²) < 4.78 is 0. The zero-order valence-corrected chi connectivity index (χ0v) is 9.06. The summed E-state index contributed by atoms with van der Waals surface area (Å²) in [6.07, 6.45) is 0.941. The number of amides is 1. The van der Waals surface area contributed by atoms with Gasteiger partial charge in [0.25, 0.3) is 0 Å². The molecule has 0 bridgehead atoms. The summed E-state index contributed by atoms with van der Waals surface area (Å²) in [6, 6.07) is 4.06. The average Bonchev–Trinajstić information content (AvgIpc) is 2.58. The molecule has 1 heterocycles. The van der Waals surface area contributed by atoms with Crippen molar-refractivity contribution >= 4 is 17.2 Å². The lowest BCUT2D eigenvalue weighted by atomic mass is 10.3. The molecule has 1 aromatic heterocycles. The van der Waals surface area contributed by atoms with Gasteiger partial charge in [0.2, 0.25) is 5.91 Å². The second-order valence-electron chi connectivity index (χ2n) is 3.12. The number of hydrogen-bond acceptors (Lipinski definition) is 3. The molecule has 1 aromatic rings. The summed E-state index contributed by atoms with van der Waals surface area (Å²) in [6.45, 7) is 2.72. The zero-order chi connectivity index (χ0) is 10.4. The molecule has 0 aromatic carbocycles. The number of aryl methyl sites for hydroxylation is 1. The first-order chi connectivity index (χ1) is 6.72. The zero-order valence-electron chi connectivity index (χ0n) is 8.25. The van der Waals surface area contributed by atoms with Gasteiger partial charge in [-0.3, -0.25) is 4.79 Å². The molecule has 0 aliphatic heterocycles. The standard InChI is InChI=1S/C10H15NO2S/c1-8-4-5-9(14-8)7-11-10(13)3-2-6-12/h4-5,12H,2-3,6-7H2,1H3,(H,11,13). The number of hydrogen-bond donors (Lipinski definition) is 2. The number of nitrogens with one attached hydrogen (secondary N) is 1. The molecular formula is C10H15NO2S. The van der Waals surface area contributed by atoms with Crippen molar-refractivity contribution in [3.63, 3.8) is 0 Å². The minimum atomic E-state index is 0.00473. The molecule has 1 amide bonds. The first kappa shape index (κ1) is 11.2. The second kappa shape index (κ2) is 5.78. The molecule has 0 aliphatic carbocycles. The maximum atomic E-state index is 11.2. The van der Waals surface area contributed by atoms with Crippen molar-refractivity contribution in [2.45, 2.75) is 26.3 Å². The topological polar surface area (TPSA) is 49.3 Å². The van der Waals surface area contributed by atoms with Crippen molar-refractivity contribution in [1.29, 1.82) is 0 Å². The molecule has 0 saturated heterocycles. The number of aliphatic hydroxyl groups excluding tert-OH is 1. The molecule has 0 atom stereocenters. The van der Waals surface area contributed by atoms with Gasteiger partial charge in [0.05, 0.1) is 6.54 Å². The van der Waals surface area contributed by atoms with E-state index in [1.54, 1.807) is 11.3 Å². The molecule has 0 radical (unpaired) electrons. The van der Waals surface area contributed by atoms with Crippen molar-refractivity contribution in [2.24, 2.45) is 0 Å². The Balaban J connectivity index is 2.23. The summed E-state index contributed by atoms with van der Waals surface area (Å²) >= 11 is 1.69. The predicted molar refractivity (Wildman–Crippen MR) is 57.2 cm³/mol. The van der Waals surface area contributed by atoms with Gasteiger partial charge in [0.15, 0.2) is 0 Å². The summed E-state index contributed by atoms with van der Waals surface area (Å²) in [5, 5.41) is 11.3. The number of thiophene rings is 1. The Morgan fingerprint density at radius 1 is 1.57 bits per heavy atom. The van der Waals surface area contributed by atoms with Gasteiger partial charge in [0.1, 0.15) is 0 Å². The van der Waals surface area contributed by atoms with E-state index in [-0.39, 0.29) is 12.5 Å². The maximum Gasteiger partial charge on any atom is 0.220 e. The molecule has 0 unspecified atom stereocenters. The van der Waals surface area contributed by atoms with Crippen molar-refractivity contribution in [2.75, 3.05) is 6.61 Å². The third-order valence-corrected chi connectivity index (χ3v) is 2.82. The van der Waals surface area contributed by atoms with E-state index >= 15 is 0 Å². The quantitative estimate of drug-likeness (QED) is 0.777. The first-order valence-corrected chi connectivity index (χ1v) is 5.47. The van der Waals surface area contributed by atoms with Crippen LogP contribution >= 0.6 is 11.3 Å². The van der Waals surface area contributed by atoms with Gasteiger partial charge >= 0.3 is 0 Å². The van der Waals surface area contributed by atoms with Crippen LogP contribution in [0.4, 0.5) is 0 Å². The Kier molecular flexibility index (Phi) is 4.62. The Hall–Kier alpha value is -0.870. The average molecular weight is 213 g/mol. The van der Waals surface area contributed by atoms with E-state index < -0.39 is 0 Å². The number of aliphatic hydroxyl groups is 1. The highest BCUT2D eigenvalue weighted by Crippen LogP contribution is 2.14. The van der Waals surface area contributed by atoms with Crippen LogP contribution in [-0.2, 0) is 11.3 Å². The second-order valence-corrected chi connectivity index (χ2v) is 4.49. The van der Waals surface area contributed by atoms with E-state index in [0.29, 0.717) is 19.4 Å². The first-order valence-electron chi connectivity index (χ1n) is 4.65. The molecule has 78 valence electrons. The maximum absolute atomic E-state index is 11.2. The Labute approximate surface area is 87.8 Å². The largest absolute Gasteiger partial charge is 0.396 e. The van der Waals surface area contributed by atoms with Crippen molar-refractivity contribution in [3.05, 3.63) is 21.9 Å². The van der Waals surface area contributed by atoms with Crippen LogP contribution in [-0.4, -0.2) is 17.6 Å². The Bertz CT molecular complexity index is 296. The van der Waals surface area contributed by atoms with Gasteiger partial charge < -0.3 is 10.4 Å². The molecule has 0 saturated carbocycles. The van der Waals surface area contributed by atoms with E-state index in [1.807, 2.05) is 19.1 Å². The fourth-order valence-electron chi connectivity index (χ4n) is 1.09. The molecule has 2 N–H and O–H groups in total. The van der Waals surface area contributed by atoms with Crippen molar-refractivity contribution in [1.82, 2.24) is 5.32 Å². The molecule has 0 aliphatic rings. The third kappa shape index (κ3) is 3.89. The van der Waals surface area contributed by atoms with Crippen LogP contribution in [0.5, 0.6) is 0 Å². The van der Waals surface area contributed by atoms with Crippen LogP contribution in [0.1, 0.15) is 22.6 Å². The van der Waals surface area contributed by atoms with Gasteiger partial charge in [-0.15, -0.1) is 11.3 Å². The molecule has 0 spiro atoms.